The molecule has 168 valence electrons. The van der Waals surface area contributed by atoms with E-state index in [4.69, 9.17) is 9.47 Å². The van der Waals surface area contributed by atoms with Gasteiger partial charge in [0.05, 0.1) is 11.4 Å². The number of anilines is 3. The molecule has 0 saturated carbocycles. The molecule has 0 bridgehead atoms. The molecule has 8 nitrogen and oxygen atoms in total. The fourth-order valence-corrected chi connectivity index (χ4v) is 3.77. The van der Waals surface area contributed by atoms with E-state index in [0.29, 0.717) is 48.7 Å². The minimum Gasteiger partial charge on any atom is -0.368 e. The molecule has 2 aromatic carbocycles. The minimum absolute atomic E-state index is 0.175. The van der Waals surface area contributed by atoms with Crippen molar-refractivity contribution in [3.05, 3.63) is 53.6 Å². The lowest BCUT2D eigenvalue weighted by atomic mass is 10.1. The lowest BCUT2D eigenvalue weighted by Gasteiger charge is -2.16. The summed E-state index contributed by atoms with van der Waals surface area (Å²) in [7, 11) is 0. The summed E-state index contributed by atoms with van der Waals surface area (Å²) in [5.74, 6) is -0.709. The number of carbonyl (C=O) groups is 3. The van der Waals surface area contributed by atoms with E-state index >= 15 is 0 Å². The van der Waals surface area contributed by atoms with E-state index in [1.54, 1.807) is 30.3 Å². The highest BCUT2D eigenvalue weighted by molar-refractivity contribution is 6.08. The Bertz CT molecular complexity index is 993. The van der Waals surface area contributed by atoms with Crippen molar-refractivity contribution in [1.29, 1.82) is 0 Å². The molecule has 2 aliphatic heterocycles. The van der Waals surface area contributed by atoms with Crippen LogP contribution in [-0.4, -0.2) is 43.1 Å². The van der Waals surface area contributed by atoms with Gasteiger partial charge in [-0.05, 0) is 74.6 Å². The van der Waals surface area contributed by atoms with Gasteiger partial charge in [0, 0.05) is 24.5 Å². The second-order valence-electron chi connectivity index (χ2n) is 8.06. The van der Waals surface area contributed by atoms with Crippen LogP contribution in [0, 0.1) is 6.92 Å². The van der Waals surface area contributed by atoms with Gasteiger partial charge in [0.25, 0.3) is 17.7 Å². The van der Waals surface area contributed by atoms with E-state index in [1.165, 1.54) is 0 Å². The monoisotopic (exact) mass is 437 g/mol. The van der Waals surface area contributed by atoms with Crippen LogP contribution in [0.3, 0.4) is 0 Å². The first-order valence-corrected chi connectivity index (χ1v) is 10.9. The average Bonchev–Trinajstić information content (AvgIpc) is 3.50. The fraction of sp³-hybridized carbons (Fsp3) is 0.375. The number of ether oxygens (including phenoxy) is 2. The van der Waals surface area contributed by atoms with Crippen molar-refractivity contribution in [2.75, 3.05) is 29.2 Å². The molecular weight excluding hydrogens is 410 g/mol. The Labute approximate surface area is 186 Å². The number of nitrogens with one attached hydrogen (secondary N) is 3. The summed E-state index contributed by atoms with van der Waals surface area (Å²) in [6.45, 7) is 3.10. The molecule has 2 atom stereocenters. The van der Waals surface area contributed by atoms with Gasteiger partial charge in [-0.3, -0.25) is 14.4 Å². The third-order valence-corrected chi connectivity index (χ3v) is 5.54. The van der Waals surface area contributed by atoms with Crippen LogP contribution in [0.1, 0.15) is 41.6 Å². The molecular formula is C24H27N3O5. The first-order valence-electron chi connectivity index (χ1n) is 10.9. The topological polar surface area (TPSA) is 106 Å². The Morgan fingerprint density at radius 1 is 0.781 bits per heavy atom. The normalized spacial score (nSPS) is 20.0. The molecule has 2 saturated heterocycles. The van der Waals surface area contributed by atoms with Crippen LogP contribution in [0.15, 0.2) is 42.5 Å². The molecule has 4 rings (SSSR count). The van der Waals surface area contributed by atoms with Crippen LogP contribution in [0.25, 0.3) is 0 Å². The van der Waals surface area contributed by atoms with E-state index in [2.05, 4.69) is 16.0 Å². The summed E-state index contributed by atoms with van der Waals surface area (Å²) in [4.78, 5) is 37.4. The van der Waals surface area contributed by atoms with Crippen LogP contribution < -0.4 is 16.0 Å². The van der Waals surface area contributed by atoms with Crippen LogP contribution >= 0.6 is 0 Å². The maximum Gasteiger partial charge on any atom is 0.255 e. The first-order chi connectivity index (χ1) is 15.5. The number of aryl methyl sites for hydroxylation is 1. The molecule has 2 fully saturated rings. The molecule has 0 aromatic heterocycles. The number of benzene rings is 2. The first kappa shape index (κ1) is 22.0. The van der Waals surface area contributed by atoms with Crippen molar-refractivity contribution in [3.8, 4) is 0 Å². The fourth-order valence-electron chi connectivity index (χ4n) is 3.77. The average molecular weight is 437 g/mol. The van der Waals surface area contributed by atoms with Gasteiger partial charge < -0.3 is 25.4 Å². The van der Waals surface area contributed by atoms with Crippen molar-refractivity contribution in [1.82, 2.24) is 0 Å². The number of rotatable bonds is 6. The summed E-state index contributed by atoms with van der Waals surface area (Å²) in [5.41, 5.74) is 3.01. The van der Waals surface area contributed by atoms with Crippen molar-refractivity contribution in [2.24, 2.45) is 0 Å². The standard InChI is InChI=1S/C24H27N3O5/c1-15-6-11-18(19(14-15)27-24(30)21-5-3-13-32-21)26-22(28)16-7-9-17(10-8-16)25-23(29)20-4-2-12-31-20/h6-11,14,20-21H,2-5,12-13H2,1H3,(H,25,29)(H,26,28)(H,27,30)/t20-,21-/m0/s1. The Morgan fingerprint density at radius 3 is 2.00 bits per heavy atom. The number of hydrogen-bond donors (Lipinski definition) is 3. The lowest BCUT2D eigenvalue weighted by Crippen LogP contribution is -2.27. The molecule has 2 aromatic rings. The highest BCUT2D eigenvalue weighted by Crippen LogP contribution is 2.25. The Kier molecular flexibility index (Phi) is 6.82. The maximum absolute atomic E-state index is 12.8. The maximum atomic E-state index is 12.8. The smallest absolute Gasteiger partial charge is 0.255 e. The van der Waals surface area contributed by atoms with Crippen molar-refractivity contribution >= 4 is 34.8 Å². The van der Waals surface area contributed by atoms with Crippen LogP contribution in [0.2, 0.25) is 0 Å². The predicted molar refractivity (Wildman–Crippen MR) is 121 cm³/mol. The zero-order chi connectivity index (χ0) is 22.5. The second kappa shape index (κ2) is 9.93. The van der Waals surface area contributed by atoms with Crippen LogP contribution in [0.5, 0.6) is 0 Å². The Morgan fingerprint density at radius 2 is 1.41 bits per heavy atom. The molecule has 0 radical (unpaired) electrons. The summed E-state index contributed by atoms with van der Waals surface area (Å²) in [5, 5.41) is 8.53. The van der Waals surface area contributed by atoms with Gasteiger partial charge in [-0.1, -0.05) is 6.07 Å². The van der Waals surface area contributed by atoms with E-state index in [1.807, 2.05) is 19.1 Å². The predicted octanol–water partition coefficient (Wildman–Crippen LogP) is 3.48. The van der Waals surface area contributed by atoms with Crippen molar-refractivity contribution in [3.63, 3.8) is 0 Å². The van der Waals surface area contributed by atoms with E-state index in [-0.39, 0.29) is 17.7 Å². The van der Waals surface area contributed by atoms with E-state index < -0.39 is 12.2 Å². The SMILES string of the molecule is Cc1ccc(NC(=O)c2ccc(NC(=O)[C@@H]3CCCO3)cc2)c(NC(=O)[C@@H]2CCCO2)c1. The molecule has 2 heterocycles. The summed E-state index contributed by atoms with van der Waals surface area (Å²) in [6.07, 6.45) is 2.27. The Balaban J connectivity index is 1.40. The lowest BCUT2D eigenvalue weighted by molar-refractivity contribution is -0.125. The molecule has 3 amide bonds. The summed E-state index contributed by atoms with van der Waals surface area (Å²) in [6, 6.07) is 12.1. The molecule has 2 aliphatic rings. The molecule has 0 spiro atoms. The Hall–Kier alpha value is -3.23. The third-order valence-electron chi connectivity index (χ3n) is 5.54. The minimum atomic E-state index is -0.462. The number of hydrogen-bond acceptors (Lipinski definition) is 5. The quantitative estimate of drug-likeness (QED) is 0.642. The van der Waals surface area contributed by atoms with Gasteiger partial charge in [-0.2, -0.15) is 0 Å². The van der Waals surface area contributed by atoms with Crippen LogP contribution in [0.4, 0.5) is 17.1 Å². The van der Waals surface area contributed by atoms with Gasteiger partial charge in [0.2, 0.25) is 0 Å². The molecule has 8 heteroatoms. The van der Waals surface area contributed by atoms with Gasteiger partial charge in [-0.15, -0.1) is 0 Å². The summed E-state index contributed by atoms with van der Waals surface area (Å²) < 4.78 is 10.8. The molecule has 32 heavy (non-hydrogen) atoms. The largest absolute Gasteiger partial charge is 0.368 e. The van der Waals surface area contributed by atoms with E-state index in [9.17, 15) is 14.4 Å². The van der Waals surface area contributed by atoms with Gasteiger partial charge >= 0.3 is 0 Å². The second-order valence-corrected chi connectivity index (χ2v) is 8.06. The number of carbonyl (C=O) groups excluding carboxylic acids is 3. The van der Waals surface area contributed by atoms with Gasteiger partial charge in [-0.25, -0.2) is 0 Å². The molecule has 3 N–H and O–H groups in total. The van der Waals surface area contributed by atoms with Gasteiger partial charge in [0.1, 0.15) is 12.2 Å². The third kappa shape index (κ3) is 5.33. The zero-order valence-corrected chi connectivity index (χ0v) is 18.0. The highest BCUT2D eigenvalue weighted by atomic mass is 16.5. The van der Waals surface area contributed by atoms with Crippen molar-refractivity contribution in [2.45, 2.75) is 44.8 Å². The zero-order valence-electron chi connectivity index (χ0n) is 18.0. The molecule has 0 unspecified atom stereocenters. The highest BCUT2D eigenvalue weighted by Gasteiger charge is 2.25. The molecule has 0 aliphatic carbocycles. The van der Waals surface area contributed by atoms with Crippen LogP contribution in [-0.2, 0) is 19.1 Å². The summed E-state index contributed by atoms with van der Waals surface area (Å²) >= 11 is 0. The van der Waals surface area contributed by atoms with Crippen molar-refractivity contribution < 1.29 is 23.9 Å². The van der Waals surface area contributed by atoms with Gasteiger partial charge in [0.15, 0.2) is 0 Å². The van der Waals surface area contributed by atoms with E-state index in [0.717, 1.165) is 18.4 Å². The number of amides is 3.